The van der Waals surface area contributed by atoms with Gasteiger partial charge in [-0.2, -0.15) is 0 Å². The molecule has 0 radical (unpaired) electrons. The van der Waals surface area contributed by atoms with E-state index in [2.05, 4.69) is 18.7 Å². The van der Waals surface area contributed by atoms with Gasteiger partial charge >= 0.3 is 6.09 Å². The van der Waals surface area contributed by atoms with E-state index < -0.39 is 5.60 Å². The molecule has 18 heavy (non-hydrogen) atoms. The molecule has 1 heterocycles. The fraction of sp³-hybridized carbons (Fsp3) is 0.929. The summed E-state index contributed by atoms with van der Waals surface area (Å²) in [6, 6.07) is 0.816. The number of likely N-dealkylation sites (N-methyl/N-ethyl adjacent to an activating group) is 1. The maximum Gasteiger partial charge on any atom is 0.410 e. The molecule has 1 atom stereocenters. The Hall–Kier alpha value is -0.770. The van der Waals surface area contributed by atoms with Crippen LogP contribution in [0.15, 0.2) is 0 Å². The van der Waals surface area contributed by atoms with Gasteiger partial charge in [0.1, 0.15) is 5.60 Å². The Morgan fingerprint density at radius 2 is 2.00 bits per heavy atom. The molecule has 0 aliphatic carbocycles. The van der Waals surface area contributed by atoms with Crippen molar-refractivity contribution in [1.29, 1.82) is 0 Å². The average molecular weight is 256 g/mol. The quantitative estimate of drug-likeness (QED) is 0.761. The summed E-state index contributed by atoms with van der Waals surface area (Å²) in [6.07, 6.45) is 2.01. The maximum absolute atomic E-state index is 12.0. The van der Waals surface area contributed by atoms with Gasteiger partial charge in [-0.3, -0.25) is 4.90 Å². The van der Waals surface area contributed by atoms with Crippen molar-refractivity contribution in [2.24, 2.45) is 0 Å². The summed E-state index contributed by atoms with van der Waals surface area (Å²) >= 11 is 0. The van der Waals surface area contributed by atoms with E-state index in [0.29, 0.717) is 6.04 Å². The van der Waals surface area contributed by atoms with E-state index in [1.54, 1.807) is 4.90 Å². The van der Waals surface area contributed by atoms with Gasteiger partial charge < -0.3 is 9.64 Å². The molecule has 1 aliphatic heterocycles. The van der Waals surface area contributed by atoms with Crippen LogP contribution in [0.25, 0.3) is 0 Å². The number of nitrogens with zero attached hydrogens (tertiary/aromatic N) is 2. The lowest BCUT2D eigenvalue weighted by Gasteiger charge is -2.39. The lowest BCUT2D eigenvalue weighted by atomic mass is 10.0. The minimum Gasteiger partial charge on any atom is -0.444 e. The first-order valence-electron chi connectivity index (χ1n) is 6.90. The first-order chi connectivity index (χ1) is 8.20. The van der Waals surface area contributed by atoms with Gasteiger partial charge in [0.15, 0.2) is 0 Å². The molecule has 0 spiro atoms. The molecule has 0 saturated carbocycles. The summed E-state index contributed by atoms with van der Waals surface area (Å²) in [5, 5.41) is 0. The number of piperidine rings is 1. The van der Waals surface area contributed by atoms with Crippen LogP contribution in [0.2, 0.25) is 0 Å². The van der Waals surface area contributed by atoms with Crippen molar-refractivity contribution in [3.63, 3.8) is 0 Å². The van der Waals surface area contributed by atoms with Gasteiger partial charge in [0.25, 0.3) is 0 Å². The van der Waals surface area contributed by atoms with E-state index in [4.69, 9.17) is 4.74 Å². The average Bonchev–Trinajstić information content (AvgIpc) is 2.26. The van der Waals surface area contributed by atoms with Gasteiger partial charge in [-0.25, -0.2) is 4.79 Å². The van der Waals surface area contributed by atoms with Crippen molar-refractivity contribution in [3.05, 3.63) is 0 Å². The summed E-state index contributed by atoms with van der Waals surface area (Å²) in [4.78, 5) is 16.2. The van der Waals surface area contributed by atoms with Crippen LogP contribution >= 0.6 is 0 Å². The Morgan fingerprint density at radius 3 is 2.50 bits per heavy atom. The zero-order valence-corrected chi connectivity index (χ0v) is 12.7. The van der Waals surface area contributed by atoms with Crippen molar-refractivity contribution < 1.29 is 9.53 Å². The monoisotopic (exact) mass is 256 g/mol. The number of amides is 1. The van der Waals surface area contributed by atoms with Crippen molar-refractivity contribution in [1.82, 2.24) is 9.80 Å². The predicted octanol–water partition coefficient (Wildman–Crippen LogP) is 2.73. The zero-order chi connectivity index (χ0) is 13.9. The molecule has 1 saturated heterocycles. The Kier molecular flexibility index (Phi) is 5.02. The molecule has 0 aromatic rings. The Labute approximate surface area is 111 Å². The molecule has 1 unspecified atom stereocenters. The van der Waals surface area contributed by atoms with E-state index in [1.165, 1.54) is 0 Å². The molecular weight excluding hydrogens is 228 g/mol. The van der Waals surface area contributed by atoms with Crippen molar-refractivity contribution in [3.8, 4) is 0 Å². The van der Waals surface area contributed by atoms with Crippen LogP contribution in [0.3, 0.4) is 0 Å². The summed E-state index contributed by atoms with van der Waals surface area (Å²) in [6.45, 7) is 12.2. The van der Waals surface area contributed by atoms with Crippen LogP contribution in [-0.2, 0) is 4.74 Å². The molecule has 1 rings (SSSR count). The Balaban J connectivity index is 2.55. The van der Waals surface area contributed by atoms with Crippen molar-refractivity contribution in [2.75, 3.05) is 20.1 Å². The van der Waals surface area contributed by atoms with Crippen LogP contribution in [0.4, 0.5) is 4.79 Å². The highest BCUT2D eigenvalue weighted by Crippen LogP contribution is 2.19. The number of likely N-dealkylation sites (tertiary alicyclic amines) is 1. The number of hydrogen-bond acceptors (Lipinski definition) is 3. The second-order valence-corrected chi connectivity index (χ2v) is 6.48. The van der Waals surface area contributed by atoms with Gasteiger partial charge in [0.2, 0.25) is 0 Å². The molecule has 4 nitrogen and oxygen atoms in total. The van der Waals surface area contributed by atoms with Gasteiger partial charge in [0.05, 0.1) is 0 Å². The molecule has 0 bridgehead atoms. The number of carbonyl (C=O) groups is 1. The van der Waals surface area contributed by atoms with Gasteiger partial charge in [-0.15, -0.1) is 0 Å². The zero-order valence-electron chi connectivity index (χ0n) is 12.7. The normalized spacial score (nSPS) is 22.1. The summed E-state index contributed by atoms with van der Waals surface area (Å²) < 4.78 is 5.42. The van der Waals surface area contributed by atoms with Crippen LogP contribution < -0.4 is 0 Å². The molecule has 0 aromatic carbocycles. The van der Waals surface area contributed by atoms with E-state index in [-0.39, 0.29) is 12.1 Å². The van der Waals surface area contributed by atoms with Crippen LogP contribution in [0.5, 0.6) is 0 Å². The van der Waals surface area contributed by atoms with E-state index in [1.807, 2.05) is 27.8 Å². The Bertz CT molecular complexity index is 284. The molecule has 0 N–H and O–H groups in total. The SMILES string of the molecule is CC(C)N1CCCC(N(C)C(=O)OC(C)(C)C)C1. The van der Waals surface area contributed by atoms with Gasteiger partial charge in [-0.05, 0) is 54.0 Å². The van der Waals surface area contributed by atoms with Gasteiger partial charge in [-0.1, -0.05) is 0 Å². The second kappa shape index (κ2) is 5.91. The largest absolute Gasteiger partial charge is 0.444 e. The molecule has 4 heteroatoms. The molecule has 0 aromatic heterocycles. The van der Waals surface area contributed by atoms with Crippen molar-refractivity contribution >= 4 is 6.09 Å². The fourth-order valence-corrected chi connectivity index (χ4v) is 2.25. The van der Waals surface area contributed by atoms with Crippen LogP contribution in [0, 0.1) is 0 Å². The second-order valence-electron chi connectivity index (χ2n) is 6.48. The third-order valence-electron chi connectivity index (χ3n) is 3.39. The predicted molar refractivity (Wildman–Crippen MR) is 73.7 cm³/mol. The fourth-order valence-electron chi connectivity index (χ4n) is 2.25. The highest BCUT2D eigenvalue weighted by Gasteiger charge is 2.29. The Morgan fingerprint density at radius 1 is 1.39 bits per heavy atom. The minimum atomic E-state index is -0.419. The molecule has 106 valence electrons. The molecule has 1 fully saturated rings. The highest BCUT2D eigenvalue weighted by molar-refractivity contribution is 5.68. The first kappa shape index (κ1) is 15.3. The number of ether oxygens (including phenoxy) is 1. The molecule has 1 amide bonds. The van der Waals surface area contributed by atoms with E-state index in [0.717, 1.165) is 25.9 Å². The van der Waals surface area contributed by atoms with E-state index >= 15 is 0 Å². The van der Waals surface area contributed by atoms with Crippen LogP contribution in [-0.4, -0.2) is 53.7 Å². The molecule has 1 aliphatic rings. The number of carbonyl (C=O) groups excluding carboxylic acids is 1. The number of rotatable bonds is 2. The molecular formula is C14H28N2O2. The lowest BCUT2D eigenvalue weighted by Crippen LogP contribution is -2.51. The lowest BCUT2D eigenvalue weighted by molar-refractivity contribution is 0.0112. The van der Waals surface area contributed by atoms with Crippen molar-refractivity contribution in [2.45, 2.75) is 65.1 Å². The third kappa shape index (κ3) is 4.48. The minimum absolute atomic E-state index is 0.210. The summed E-state index contributed by atoms with van der Waals surface area (Å²) in [7, 11) is 1.85. The smallest absolute Gasteiger partial charge is 0.410 e. The number of hydrogen-bond donors (Lipinski definition) is 0. The van der Waals surface area contributed by atoms with Gasteiger partial charge in [0, 0.05) is 25.7 Å². The summed E-state index contributed by atoms with van der Waals surface area (Å²) in [5.41, 5.74) is -0.419. The third-order valence-corrected chi connectivity index (χ3v) is 3.39. The first-order valence-corrected chi connectivity index (χ1v) is 6.90. The maximum atomic E-state index is 12.0. The van der Waals surface area contributed by atoms with E-state index in [9.17, 15) is 4.79 Å². The highest BCUT2D eigenvalue weighted by atomic mass is 16.6. The topological polar surface area (TPSA) is 32.8 Å². The summed E-state index contributed by atoms with van der Waals surface area (Å²) in [5.74, 6) is 0. The standard InChI is InChI=1S/C14H28N2O2/c1-11(2)16-9-7-8-12(10-16)15(6)13(17)18-14(3,4)5/h11-12H,7-10H2,1-6H3. The van der Waals surface area contributed by atoms with Crippen LogP contribution in [0.1, 0.15) is 47.5 Å².